The molecule has 5 heteroatoms. The van der Waals surface area contributed by atoms with E-state index in [1.54, 1.807) is 6.92 Å². The van der Waals surface area contributed by atoms with E-state index in [1.165, 1.54) is 0 Å². The van der Waals surface area contributed by atoms with Gasteiger partial charge >= 0.3 is 0 Å². The molecule has 0 aromatic carbocycles. The van der Waals surface area contributed by atoms with Crippen molar-refractivity contribution in [1.82, 2.24) is 0 Å². The molecule has 0 aromatic rings. The maximum atomic E-state index is 5.39. The van der Waals surface area contributed by atoms with Crippen LogP contribution in [-0.2, 0) is 9.57 Å². The van der Waals surface area contributed by atoms with Crippen molar-refractivity contribution in [3.05, 3.63) is 0 Å². The third-order valence-electron chi connectivity index (χ3n) is 1.44. The zero-order valence-corrected chi connectivity index (χ0v) is 7.96. The van der Waals surface area contributed by atoms with Crippen molar-refractivity contribution in [1.29, 1.82) is 0 Å². The Hall–Kier alpha value is -0.200. The molecule has 0 aliphatic carbocycles. The van der Waals surface area contributed by atoms with E-state index in [9.17, 15) is 0 Å². The fourth-order valence-corrected chi connectivity index (χ4v) is 0.576. The van der Waals surface area contributed by atoms with Crippen molar-refractivity contribution in [2.45, 2.75) is 38.6 Å². The summed E-state index contributed by atoms with van der Waals surface area (Å²) in [5.74, 6) is 3.96. The molecule has 0 spiro atoms. The normalized spacial score (nSPS) is 13.5. The first-order valence-electron chi connectivity index (χ1n) is 3.86. The molecule has 0 aliphatic rings. The number of rotatable bonds is 5. The Kier molecular flexibility index (Phi) is 4.09. The fourth-order valence-electron chi connectivity index (χ4n) is 0.576. The quantitative estimate of drug-likeness (QED) is 0.394. The van der Waals surface area contributed by atoms with Crippen LogP contribution in [0.4, 0.5) is 0 Å². The first-order chi connectivity index (χ1) is 5.27. The van der Waals surface area contributed by atoms with Crippen molar-refractivity contribution in [2.75, 3.05) is 6.61 Å². The predicted molar refractivity (Wildman–Crippen MR) is 46.7 cm³/mol. The van der Waals surface area contributed by atoms with Crippen LogP contribution in [0, 0.1) is 0 Å². The SMILES string of the molecule is CC(N)(N)OCCC(C)(C)ON. The van der Waals surface area contributed by atoms with Crippen molar-refractivity contribution < 1.29 is 9.57 Å². The highest BCUT2D eigenvalue weighted by atomic mass is 16.6. The lowest BCUT2D eigenvalue weighted by atomic mass is 10.1. The van der Waals surface area contributed by atoms with Crippen LogP contribution < -0.4 is 17.4 Å². The smallest absolute Gasteiger partial charge is 0.166 e. The Balaban J connectivity index is 3.57. The molecule has 0 saturated heterocycles. The summed E-state index contributed by atoms with van der Waals surface area (Å²) in [4.78, 5) is 4.69. The van der Waals surface area contributed by atoms with Crippen LogP contribution >= 0.6 is 0 Å². The molecule has 0 aliphatic heterocycles. The predicted octanol–water partition coefficient (Wildman–Crippen LogP) is -0.347. The molecule has 0 rings (SSSR count). The Morgan fingerprint density at radius 1 is 1.17 bits per heavy atom. The molecular weight excluding hydrogens is 158 g/mol. The maximum absolute atomic E-state index is 5.39. The van der Waals surface area contributed by atoms with Crippen molar-refractivity contribution in [3.63, 3.8) is 0 Å². The summed E-state index contributed by atoms with van der Waals surface area (Å²) in [5.41, 5.74) is 10.4. The molecule has 0 bridgehead atoms. The molecule has 0 aromatic heterocycles. The van der Waals surface area contributed by atoms with Crippen LogP contribution in [0.3, 0.4) is 0 Å². The summed E-state index contributed by atoms with van der Waals surface area (Å²) in [6, 6.07) is 0. The lowest BCUT2D eigenvalue weighted by molar-refractivity contribution is -0.0754. The summed E-state index contributed by atoms with van der Waals surface area (Å²) in [6.45, 7) is 5.73. The van der Waals surface area contributed by atoms with Gasteiger partial charge in [0.15, 0.2) is 5.85 Å². The van der Waals surface area contributed by atoms with E-state index in [4.69, 9.17) is 26.9 Å². The van der Waals surface area contributed by atoms with Gasteiger partial charge in [0, 0.05) is 6.42 Å². The Morgan fingerprint density at radius 3 is 2.00 bits per heavy atom. The van der Waals surface area contributed by atoms with E-state index in [0.29, 0.717) is 13.0 Å². The van der Waals surface area contributed by atoms with Crippen LogP contribution in [0.1, 0.15) is 27.2 Å². The van der Waals surface area contributed by atoms with E-state index in [1.807, 2.05) is 13.8 Å². The van der Waals surface area contributed by atoms with Gasteiger partial charge in [0.25, 0.3) is 0 Å². The highest BCUT2D eigenvalue weighted by molar-refractivity contribution is 4.67. The Bertz CT molecular complexity index is 131. The summed E-state index contributed by atoms with van der Waals surface area (Å²) >= 11 is 0. The summed E-state index contributed by atoms with van der Waals surface area (Å²) in [5, 5.41) is 0. The van der Waals surface area contributed by atoms with Crippen LogP contribution in [0.5, 0.6) is 0 Å². The molecule has 0 radical (unpaired) electrons. The van der Waals surface area contributed by atoms with Gasteiger partial charge in [-0.2, -0.15) is 0 Å². The molecule has 6 N–H and O–H groups in total. The Morgan fingerprint density at radius 2 is 1.67 bits per heavy atom. The minimum atomic E-state index is -1.08. The number of hydrogen-bond acceptors (Lipinski definition) is 5. The van der Waals surface area contributed by atoms with Gasteiger partial charge in [-0.05, 0) is 20.8 Å². The summed E-state index contributed by atoms with van der Waals surface area (Å²) in [6.07, 6.45) is 0.646. The molecule has 0 amide bonds. The Labute approximate surface area is 73.1 Å². The zero-order valence-electron chi connectivity index (χ0n) is 7.96. The molecule has 74 valence electrons. The number of hydrogen-bond donors (Lipinski definition) is 3. The molecule has 0 atom stereocenters. The van der Waals surface area contributed by atoms with E-state index in [2.05, 4.69) is 0 Å². The molecule has 12 heavy (non-hydrogen) atoms. The standard InChI is InChI=1S/C7H19N3O2/c1-6(2,12-10)4-5-11-7(3,8)9/h4-5,8-10H2,1-3H3. The van der Waals surface area contributed by atoms with E-state index in [0.717, 1.165) is 0 Å². The minimum absolute atomic E-state index is 0.398. The van der Waals surface area contributed by atoms with Crippen LogP contribution in [-0.4, -0.2) is 18.1 Å². The van der Waals surface area contributed by atoms with Gasteiger partial charge in [0.1, 0.15) is 0 Å². The van der Waals surface area contributed by atoms with Gasteiger partial charge in [0.2, 0.25) is 0 Å². The zero-order chi connectivity index (χ0) is 9.83. The minimum Gasteiger partial charge on any atom is -0.348 e. The van der Waals surface area contributed by atoms with E-state index in [-0.39, 0.29) is 0 Å². The van der Waals surface area contributed by atoms with Gasteiger partial charge in [-0.25, -0.2) is 5.90 Å². The first-order valence-corrected chi connectivity index (χ1v) is 3.86. The average molecular weight is 177 g/mol. The molecular formula is C7H19N3O2. The van der Waals surface area contributed by atoms with Gasteiger partial charge in [-0.1, -0.05) is 0 Å². The lowest BCUT2D eigenvalue weighted by Crippen LogP contribution is -2.49. The van der Waals surface area contributed by atoms with Gasteiger partial charge in [-0.15, -0.1) is 0 Å². The second kappa shape index (κ2) is 4.15. The van der Waals surface area contributed by atoms with Gasteiger partial charge < -0.3 is 4.74 Å². The average Bonchev–Trinajstić information content (AvgIpc) is 1.84. The molecule has 0 unspecified atom stereocenters. The third-order valence-corrected chi connectivity index (χ3v) is 1.44. The van der Waals surface area contributed by atoms with Crippen LogP contribution in [0.2, 0.25) is 0 Å². The topological polar surface area (TPSA) is 96.5 Å². The highest BCUT2D eigenvalue weighted by Crippen LogP contribution is 2.11. The van der Waals surface area contributed by atoms with Crippen molar-refractivity contribution in [2.24, 2.45) is 17.4 Å². The fraction of sp³-hybridized carbons (Fsp3) is 1.00. The van der Waals surface area contributed by atoms with E-state index < -0.39 is 11.4 Å². The van der Waals surface area contributed by atoms with Crippen LogP contribution in [0.15, 0.2) is 0 Å². The molecule has 0 heterocycles. The second-order valence-electron chi connectivity index (χ2n) is 3.66. The van der Waals surface area contributed by atoms with Crippen LogP contribution in [0.25, 0.3) is 0 Å². The lowest BCUT2D eigenvalue weighted by Gasteiger charge is -2.25. The second-order valence-corrected chi connectivity index (χ2v) is 3.66. The molecule has 0 fully saturated rings. The highest BCUT2D eigenvalue weighted by Gasteiger charge is 2.19. The molecule has 0 saturated carbocycles. The van der Waals surface area contributed by atoms with E-state index >= 15 is 0 Å². The maximum Gasteiger partial charge on any atom is 0.166 e. The summed E-state index contributed by atoms with van der Waals surface area (Å²) in [7, 11) is 0. The molecule has 5 nitrogen and oxygen atoms in total. The third kappa shape index (κ3) is 6.51. The number of ether oxygens (including phenoxy) is 1. The van der Waals surface area contributed by atoms with Gasteiger partial charge in [0.05, 0.1) is 12.2 Å². The summed E-state index contributed by atoms with van der Waals surface area (Å²) < 4.78 is 5.09. The van der Waals surface area contributed by atoms with Crippen molar-refractivity contribution in [3.8, 4) is 0 Å². The van der Waals surface area contributed by atoms with Crippen molar-refractivity contribution >= 4 is 0 Å². The number of nitrogens with two attached hydrogens (primary N) is 3. The largest absolute Gasteiger partial charge is 0.348 e. The monoisotopic (exact) mass is 177 g/mol. The van der Waals surface area contributed by atoms with Gasteiger partial charge in [-0.3, -0.25) is 16.3 Å². The first kappa shape index (κ1) is 11.8.